The molecule has 1 aromatic carbocycles. The van der Waals surface area contributed by atoms with Crippen molar-refractivity contribution in [1.29, 1.82) is 0 Å². The number of hydrogen-bond acceptors (Lipinski definition) is 7. The lowest BCUT2D eigenvalue weighted by Crippen LogP contribution is -2.28. The van der Waals surface area contributed by atoms with Gasteiger partial charge in [0.2, 0.25) is 11.7 Å². The number of anilines is 2. The van der Waals surface area contributed by atoms with E-state index in [9.17, 15) is 4.79 Å². The number of fused-ring (bicyclic) bond motifs is 1. The fourth-order valence-corrected chi connectivity index (χ4v) is 3.94. The molecule has 0 spiro atoms. The van der Waals surface area contributed by atoms with Crippen molar-refractivity contribution < 1.29 is 14.6 Å². The number of imidazole rings is 1. The zero-order valence-electron chi connectivity index (χ0n) is 17.2. The third kappa shape index (κ3) is 4.44. The Balaban J connectivity index is 1.45. The molecule has 0 radical (unpaired) electrons. The van der Waals surface area contributed by atoms with E-state index in [-0.39, 0.29) is 36.1 Å². The Bertz CT molecular complexity index is 1150. The van der Waals surface area contributed by atoms with Gasteiger partial charge in [0, 0.05) is 23.7 Å². The molecule has 9 heteroatoms. The van der Waals surface area contributed by atoms with Crippen LogP contribution in [0.25, 0.3) is 11.2 Å². The number of carbonyl (C=O) groups is 1. The second-order valence-electron chi connectivity index (χ2n) is 7.44. The van der Waals surface area contributed by atoms with Crippen molar-refractivity contribution in [3.63, 3.8) is 0 Å². The molecule has 1 amide bonds. The normalized spacial score (nSPS) is 18.3. The van der Waals surface area contributed by atoms with Crippen LogP contribution < -0.4 is 15.8 Å². The minimum absolute atomic E-state index is 0.0234. The van der Waals surface area contributed by atoms with Crippen LogP contribution in [0.4, 0.5) is 11.5 Å². The van der Waals surface area contributed by atoms with Crippen LogP contribution in [0.5, 0.6) is 5.75 Å². The molecule has 160 valence electrons. The maximum Gasteiger partial charge on any atom is 0.227 e. The molecule has 1 fully saturated rings. The summed E-state index contributed by atoms with van der Waals surface area (Å²) in [5, 5.41) is 11.9. The van der Waals surface area contributed by atoms with Crippen molar-refractivity contribution in [2.24, 2.45) is 5.92 Å². The summed E-state index contributed by atoms with van der Waals surface area (Å²) in [5.41, 5.74) is 7.90. The minimum Gasteiger partial charge on any atom is -0.497 e. The summed E-state index contributed by atoms with van der Waals surface area (Å²) in [4.78, 5) is 25.7. The van der Waals surface area contributed by atoms with Gasteiger partial charge in [-0.25, -0.2) is 15.0 Å². The summed E-state index contributed by atoms with van der Waals surface area (Å²) in [6.07, 6.45) is 4.89. The van der Waals surface area contributed by atoms with Crippen molar-refractivity contribution in [3.8, 4) is 17.6 Å². The lowest BCUT2D eigenvalue weighted by molar-refractivity contribution is -0.120. The molecule has 0 bridgehead atoms. The predicted octanol–water partition coefficient (Wildman–Crippen LogP) is 2.13. The Morgan fingerprint density at radius 3 is 2.87 bits per heavy atom. The SMILES string of the molecule is COc1cccc(NC(=O)[C@H]2CC[C@@H](n3cnc4c(N)nc(C#CCO)nc43)CC2)c1. The van der Waals surface area contributed by atoms with E-state index in [0.29, 0.717) is 16.9 Å². The first-order valence-corrected chi connectivity index (χ1v) is 10.1. The second kappa shape index (κ2) is 9.02. The molecule has 9 nitrogen and oxygen atoms in total. The highest BCUT2D eigenvalue weighted by molar-refractivity contribution is 5.92. The number of ether oxygens (including phenoxy) is 1. The maximum atomic E-state index is 12.7. The fraction of sp³-hybridized carbons (Fsp3) is 0.364. The third-order valence-electron chi connectivity index (χ3n) is 5.53. The van der Waals surface area contributed by atoms with Crippen LogP contribution in [0, 0.1) is 17.8 Å². The molecule has 1 aliphatic rings. The van der Waals surface area contributed by atoms with Crippen LogP contribution in [-0.2, 0) is 4.79 Å². The molecule has 2 aromatic heterocycles. The van der Waals surface area contributed by atoms with E-state index >= 15 is 0 Å². The zero-order chi connectivity index (χ0) is 21.8. The van der Waals surface area contributed by atoms with Crippen LogP contribution in [0.15, 0.2) is 30.6 Å². The molecule has 4 N–H and O–H groups in total. The number of nitrogens with zero attached hydrogens (tertiary/aromatic N) is 4. The molecule has 4 rings (SSSR count). The number of amides is 1. The summed E-state index contributed by atoms with van der Waals surface area (Å²) in [5.74, 6) is 6.43. The van der Waals surface area contributed by atoms with Crippen molar-refractivity contribution in [2.45, 2.75) is 31.7 Å². The van der Waals surface area contributed by atoms with E-state index < -0.39 is 0 Å². The number of methoxy groups -OCH3 is 1. The van der Waals surface area contributed by atoms with E-state index in [1.165, 1.54) is 0 Å². The first-order chi connectivity index (χ1) is 15.1. The first-order valence-electron chi connectivity index (χ1n) is 10.1. The maximum absolute atomic E-state index is 12.7. The van der Waals surface area contributed by atoms with Gasteiger partial charge in [0.25, 0.3) is 0 Å². The number of hydrogen-bond donors (Lipinski definition) is 3. The van der Waals surface area contributed by atoms with E-state index in [1.54, 1.807) is 13.4 Å². The van der Waals surface area contributed by atoms with Gasteiger partial charge in [-0.2, -0.15) is 0 Å². The van der Waals surface area contributed by atoms with Crippen molar-refractivity contribution in [2.75, 3.05) is 24.8 Å². The Morgan fingerprint density at radius 1 is 1.32 bits per heavy atom. The topological polar surface area (TPSA) is 128 Å². The van der Waals surface area contributed by atoms with Gasteiger partial charge in [-0.15, -0.1) is 0 Å². The van der Waals surface area contributed by atoms with Gasteiger partial charge in [0.05, 0.1) is 13.4 Å². The zero-order valence-corrected chi connectivity index (χ0v) is 17.2. The minimum atomic E-state index is -0.275. The van der Waals surface area contributed by atoms with Gasteiger partial charge in [0.15, 0.2) is 11.5 Å². The van der Waals surface area contributed by atoms with E-state index in [2.05, 4.69) is 32.1 Å². The number of aliphatic hydroxyl groups excluding tert-OH is 1. The standard InChI is InChI=1S/C22H24N6O3/c1-31-17-5-2-4-15(12-17)25-22(30)14-7-9-16(10-8-14)28-13-24-19-20(23)26-18(6-3-11-29)27-21(19)28/h2,4-5,12-14,16,29H,7-11H2,1H3,(H,25,30)(H2,23,26,27)/t14-,16+. The molecule has 1 aliphatic carbocycles. The molecule has 3 aromatic rings. The Hall–Kier alpha value is -3.64. The van der Waals surface area contributed by atoms with Gasteiger partial charge < -0.3 is 25.5 Å². The number of benzene rings is 1. The number of aromatic nitrogens is 4. The van der Waals surface area contributed by atoms with E-state index in [1.807, 2.05) is 28.8 Å². The van der Waals surface area contributed by atoms with Gasteiger partial charge in [0.1, 0.15) is 17.9 Å². The van der Waals surface area contributed by atoms with Crippen LogP contribution >= 0.6 is 0 Å². The number of aliphatic hydroxyl groups is 1. The summed E-state index contributed by atoms with van der Waals surface area (Å²) in [6, 6.07) is 7.52. The van der Waals surface area contributed by atoms with Crippen LogP contribution in [-0.4, -0.2) is 44.2 Å². The molecule has 0 atom stereocenters. The molecule has 31 heavy (non-hydrogen) atoms. The molecule has 1 saturated carbocycles. The molecule has 0 aliphatic heterocycles. The number of carbonyl (C=O) groups excluding carboxylic acids is 1. The van der Waals surface area contributed by atoms with Crippen molar-refractivity contribution in [1.82, 2.24) is 19.5 Å². The van der Waals surface area contributed by atoms with Gasteiger partial charge in [-0.05, 0) is 43.7 Å². The Labute approximate surface area is 179 Å². The first kappa shape index (κ1) is 20.6. The highest BCUT2D eigenvalue weighted by atomic mass is 16.5. The fourth-order valence-electron chi connectivity index (χ4n) is 3.94. The smallest absolute Gasteiger partial charge is 0.227 e. The summed E-state index contributed by atoms with van der Waals surface area (Å²) in [6.45, 7) is -0.275. The molecule has 2 heterocycles. The quantitative estimate of drug-likeness (QED) is 0.552. The van der Waals surface area contributed by atoms with Gasteiger partial charge >= 0.3 is 0 Å². The molecule has 0 unspecified atom stereocenters. The summed E-state index contributed by atoms with van der Waals surface area (Å²) < 4.78 is 7.20. The van der Waals surface area contributed by atoms with Crippen molar-refractivity contribution in [3.05, 3.63) is 36.4 Å². The number of nitrogens with one attached hydrogen (secondary N) is 1. The van der Waals surface area contributed by atoms with Crippen LogP contribution in [0.1, 0.15) is 37.5 Å². The Morgan fingerprint density at radius 2 is 2.13 bits per heavy atom. The Kier molecular flexibility index (Phi) is 6.00. The van der Waals surface area contributed by atoms with Crippen LogP contribution in [0.3, 0.4) is 0 Å². The predicted molar refractivity (Wildman–Crippen MR) is 116 cm³/mol. The molecule has 0 saturated heterocycles. The number of nitrogens with two attached hydrogens (primary N) is 1. The summed E-state index contributed by atoms with van der Waals surface area (Å²) >= 11 is 0. The second-order valence-corrected chi connectivity index (χ2v) is 7.44. The van der Waals surface area contributed by atoms with Crippen LogP contribution in [0.2, 0.25) is 0 Å². The average Bonchev–Trinajstić information content (AvgIpc) is 3.22. The molecular weight excluding hydrogens is 396 g/mol. The largest absolute Gasteiger partial charge is 0.497 e. The highest BCUT2D eigenvalue weighted by Crippen LogP contribution is 2.35. The van der Waals surface area contributed by atoms with Gasteiger partial charge in [-0.1, -0.05) is 12.0 Å². The third-order valence-corrected chi connectivity index (χ3v) is 5.53. The monoisotopic (exact) mass is 420 g/mol. The number of rotatable bonds is 4. The summed E-state index contributed by atoms with van der Waals surface area (Å²) in [7, 11) is 1.60. The number of nitrogen functional groups attached to an aromatic ring is 1. The lowest BCUT2D eigenvalue weighted by Gasteiger charge is -2.28. The van der Waals surface area contributed by atoms with Crippen molar-refractivity contribution >= 4 is 28.6 Å². The van der Waals surface area contributed by atoms with E-state index in [0.717, 1.165) is 31.4 Å². The molecular formula is C22H24N6O3. The highest BCUT2D eigenvalue weighted by Gasteiger charge is 2.28. The van der Waals surface area contributed by atoms with Gasteiger partial charge in [-0.3, -0.25) is 4.79 Å². The van der Waals surface area contributed by atoms with E-state index in [4.69, 9.17) is 15.6 Å². The lowest BCUT2D eigenvalue weighted by atomic mass is 9.85. The average molecular weight is 420 g/mol.